The van der Waals surface area contributed by atoms with E-state index >= 15 is 0 Å². The Morgan fingerprint density at radius 3 is 2.08 bits per heavy atom. The number of phenols is 1. The van der Waals surface area contributed by atoms with Gasteiger partial charge in [0.1, 0.15) is 5.75 Å². The fraction of sp³-hybridized carbons (Fsp3) is 0.167. The summed E-state index contributed by atoms with van der Waals surface area (Å²) in [5, 5.41) is 11.4. The van der Waals surface area contributed by atoms with E-state index in [0.29, 0.717) is 5.75 Å². The van der Waals surface area contributed by atoms with Gasteiger partial charge in [-0.05, 0) is 66.3 Å². The maximum Gasteiger partial charge on any atom is 0.121 e. The normalized spacial score (nSPS) is 11.2. The van der Waals surface area contributed by atoms with Crippen LogP contribution in [0.5, 0.6) is 5.75 Å². The van der Waals surface area contributed by atoms with Crippen LogP contribution in [0.1, 0.15) is 22.9 Å². The standard InChI is InChI=1S/C24H22OS/c1-4-21-23(20-7-5-6-8-22(20)26-21)18-11-9-17(10-12-18)19-13-15(2)24(25)16(3)14-19/h5-14,25H,4H2,1-3H3. The molecule has 4 rings (SSSR count). The van der Waals surface area contributed by atoms with Gasteiger partial charge in [-0.25, -0.2) is 0 Å². The van der Waals surface area contributed by atoms with Gasteiger partial charge < -0.3 is 5.11 Å². The molecule has 2 heteroatoms. The summed E-state index contributed by atoms with van der Waals surface area (Å²) in [5.41, 5.74) is 6.81. The molecule has 0 aliphatic carbocycles. The predicted octanol–water partition coefficient (Wildman–Crippen LogP) is 7.12. The van der Waals surface area contributed by atoms with Crippen LogP contribution in [-0.2, 0) is 6.42 Å². The Labute approximate surface area is 158 Å². The zero-order chi connectivity index (χ0) is 18.3. The minimum atomic E-state index is 0.391. The number of thiophene rings is 1. The first-order chi connectivity index (χ1) is 12.6. The topological polar surface area (TPSA) is 20.2 Å². The first-order valence-corrected chi connectivity index (χ1v) is 9.81. The molecule has 0 aliphatic rings. The molecule has 1 aromatic heterocycles. The van der Waals surface area contributed by atoms with Crippen molar-refractivity contribution in [3.63, 3.8) is 0 Å². The number of fused-ring (bicyclic) bond motifs is 1. The predicted molar refractivity (Wildman–Crippen MR) is 113 cm³/mol. The smallest absolute Gasteiger partial charge is 0.121 e. The summed E-state index contributed by atoms with van der Waals surface area (Å²) in [7, 11) is 0. The number of aryl methyl sites for hydroxylation is 3. The first-order valence-electron chi connectivity index (χ1n) is 9.00. The lowest BCUT2D eigenvalue weighted by Gasteiger charge is -2.10. The molecule has 0 radical (unpaired) electrons. The first kappa shape index (κ1) is 16.9. The van der Waals surface area contributed by atoms with Crippen molar-refractivity contribution in [1.29, 1.82) is 0 Å². The Kier molecular flexibility index (Phi) is 4.29. The minimum Gasteiger partial charge on any atom is -0.507 e. The van der Waals surface area contributed by atoms with E-state index in [1.807, 2.05) is 25.2 Å². The summed E-state index contributed by atoms with van der Waals surface area (Å²) >= 11 is 1.90. The van der Waals surface area contributed by atoms with Gasteiger partial charge in [0.05, 0.1) is 0 Å². The Hall–Kier alpha value is -2.58. The molecule has 1 nitrogen and oxygen atoms in total. The molecule has 1 heterocycles. The lowest BCUT2D eigenvalue weighted by molar-refractivity contribution is 0.467. The zero-order valence-corrected chi connectivity index (χ0v) is 16.2. The highest BCUT2D eigenvalue weighted by molar-refractivity contribution is 7.19. The quantitative estimate of drug-likeness (QED) is 0.413. The molecule has 0 aliphatic heterocycles. The molecule has 4 aromatic rings. The van der Waals surface area contributed by atoms with E-state index < -0.39 is 0 Å². The van der Waals surface area contributed by atoms with E-state index in [9.17, 15) is 5.11 Å². The van der Waals surface area contributed by atoms with Gasteiger partial charge in [-0.3, -0.25) is 0 Å². The highest BCUT2D eigenvalue weighted by Crippen LogP contribution is 2.39. The number of hydrogen-bond donors (Lipinski definition) is 1. The van der Waals surface area contributed by atoms with Gasteiger partial charge in [-0.2, -0.15) is 0 Å². The van der Waals surface area contributed by atoms with Crippen molar-refractivity contribution in [2.75, 3.05) is 0 Å². The van der Waals surface area contributed by atoms with Crippen molar-refractivity contribution in [2.45, 2.75) is 27.2 Å². The number of rotatable bonds is 3. The maximum atomic E-state index is 10.0. The lowest BCUT2D eigenvalue weighted by Crippen LogP contribution is -1.86. The summed E-state index contributed by atoms with van der Waals surface area (Å²) in [6.45, 7) is 6.13. The van der Waals surface area contributed by atoms with Gasteiger partial charge in [-0.1, -0.05) is 49.4 Å². The van der Waals surface area contributed by atoms with Gasteiger partial charge >= 0.3 is 0 Å². The summed E-state index contributed by atoms with van der Waals surface area (Å²) in [5.74, 6) is 0.391. The van der Waals surface area contributed by atoms with E-state index in [0.717, 1.165) is 23.1 Å². The zero-order valence-electron chi connectivity index (χ0n) is 15.3. The van der Waals surface area contributed by atoms with Gasteiger partial charge in [0.15, 0.2) is 0 Å². The fourth-order valence-corrected chi connectivity index (χ4v) is 4.78. The van der Waals surface area contributed by atoms with Crippen LogP contribution in [0.25, 0.3) is 32.3 Å². The molecule has 3 aromatic carbocycles. The van der Waals surface area contributed by atoms with E-state index in [-0.39, 0.29) is 0 Å². The van der Waals surface area contributed by atoms with Crippen LogP contribution in [0.15, 0.2) is 60.7 Å². The van der Waals surface area contributed by atoms with E-state index in [1.54, 1.807) is 0 Å². The van der Waals surface area contributed by atoms with E-state index in [4.69, 9.17) is 0 Å². The minimum absolute atomic E-state index is 0.391. The fourth-order valence-electron chi connectivity index (χ4n) is 3.61. The summed E-state index contributed by atoms with van der Waals surface area (Å²) < 4.78 is 1.35. The SMILES string of the molecule is CCc1sc2ccccc2c1-c1ccc(-c2cc(C)c(O)c(C)c2)cc1. The average molecular weight is 359 g/mol. The van der Waals surface area contributed by atoms with E-state index in [1.165, 1.54) is 31.7 Å². The van der Waals surface area contributed by atoms with Crippen LogP contribution in [0.4, 0.5) is 0 Å². The van der Waals surface area contributed by atoms with Gasteiger partial charge in [0.2, 0.25) is 0 Å². The van der Waals surface area contributed by atoms with Crippen LogP contribution in [-0.4, -0.2) is 5.11 Å². The molecule has 0 bridgehead atoms. The van der Waals surface area contributed by atoms with Crippen molar-refractivity contribution in [3.8, 4) is 28.0 Å². The summed E-state index contributed by atoms with van der Waals surface area (Å²) in [6, 6.07) is 21.6. The lowest BCUT2D eigenvalue weighted by atomic mass is 9.96. The second-order valence-corrected chi connectivity index (χ2v) is 7.92. The van der Waals surface area contributed by atoms with Gasteiger partial charge in [0, 0.05) is 20.5 Å². The van der Waals surface area contributed by atoms with Crippen LogP contribution >= 0.6 is 11.3 Å². The molecule has 130 valence electrons. The Morgan fingerprint density at radius 1 is 0.808 bits per heavy atom. The van der Waals surface area contributed by atoms with Crippen LogP contribution < -0.4 is 0 Å². The maximum absolute atomic E-state index is 10.0. The molecule has 0 fully saturated rings. The third kappa shape index (κ3) is 2.81. The molecule has 0 saturated carbocycles. The largest absolute Gasteiger partial charge is 0.507 e. The number of phenolic OH excluding ortho intramolecular Hbond substituents is 1. The van der Waals surface area contributed by atoms with Crippen LogP contribution in [0, 0.1) is 13.8 Å². The molecule has 0 saturated heterocycles. The number of benzene rings is 3. The van der Waals surface area contributed by atoms with Crippen molar-refractivity contribution in [3.05, 3.63) is 76.7 Å². The van der Waals surface area contributed by atoms with Crippen LogP contribution in [0.3, 0.4) is 0 Å². The number of hydrogen-bond acceptors (Lipinski definition) is 2. The molecular weight excluding hydrogens is 336 g/mol. The molecule has 0 unspecified atom stereocenters. The molecule has 1 N–H and O–H groups in total. The molecule has 0 amide bonds. The van der Waals surface area contributed by atoms with Gasteiger partial charge in [-0.15, -0.1) is 11.3 Å². The Morgan fingerprint density at radius 2 is 1.42 bits per heavy atom. The van der Waals surface area contributed by atoms with Crippen molar-refractivity contribution in [1.82, 2.24) is 0 Å². The summed E-state index contributed by atoms with van der Waals surface area (Å²) in [4.78, 5) is 1.44. The van der Waals surface area contributed by atoms with Crippen LogP contribution in [0.2, 0.25) is 0 Å². The second-order valence-electron chi connectivity index (χ2n) is 6.79. The van der Waals surface area contributed by atoms with Gasteiger partial charge in [0.25, 0.3) is 0 Å². The average Bonchev–Trinajstić information content (AvgIpc) is 3.04. The summed E-state index contributed by atoms with van der Waals surface area (Å²) in [6.07, 6.45) is 1.05. The highest BCUT2D eigenvalue weighted by atomic mass is 32.1. The Bertz CT molecular complexity index is 1060. The Balaban J connectivity index is 1.80. The molecule has 0 atom stereocenters. The molecular formula is C24H22OS. The third-order valence-electron chi connectivity index (χ3n) is 4.99. The number of aromatic hydroxyl groups is 1. The monoisotopic (exact) mass is 358 g/mol. The third-order valence-corrected chi connectivity index (χ3v) is 6.30. The van der Waals surface area contributed by atoms with Crippen molar-refractivity contribution >= 4 is 21.4 Å². The highest BCUT2D eigenvalue weighted by Gasteiger charge is 2.13. The second kappa shape index (κ2) is 6.62. The molecule has 26 heavy (non-hydrogen) atoms. The van der Waals surface area contributed by atoms with Crippen molar-refractivity contribution < 1.29 is 5.11 Å². The van der Waals surface area contributed by atoms with Crippen molar-refractivity contribution in [2.24, 2.45) is 0 Å². The molecule has 0 spiro atoms. The van der Waals surface area contributed by atoms with E-state index in [2.05, 4.69) is 67.6 Å².